The van der Waals surface area contributed by atoms with Crippen molar-refractivity contribution in [3.63, 3.8) is 0 Å². The molecule has 1 aromatic heterocycles. The summed E-state index contributed by atoms with van der Waals surface area (Å²) in [5.41, 5.74) is 4.44. The molecule has 3 rings (SSSR count). The van der Waals surface area contributed by atoms with Gasteiger partial charge in [-0.3, -0.25) is 5.10 Å². The first-order valence-electron chi connectivity index (χ1n) is 6.57. The van der Waals surface area contributed by atoms with Gasteiger partial charge in [-0.25, -0.2) is 0 Å². The normalized spacial score (nSPS) is 10.7. The highest BCUT2D eigenvalue weighted by Gasteiger charge is 2.05. The van der Waals surface area contributed by atoms with Crippen molar-refractivity contribution in [2.24, 2.45) is 0 Å². The van der Waals surface area contributed by atoms with Crippen molar-refractivity contribution in [2.45, 2.75) is 13.5 Å². The van der Waals surface area contributed by atoms with Crippen molar-refractivity contribution in [1.29, 1.82) is 0 Å². The first kappa shape index (κ1) is 12.5. The number of methoxy groups -OCH3 is 1. The van der Waals surface area contributed by atoms with Gasteiger partial charge in [0.25, 0.3) is 0 Å². The van der Waals surface area contributed by atoms with E-state index in [9.17, 15) is 0 Å². The number of aromatic nitrogens is 2. The molecule has 3 aromatic rings. The minimum atomic E-state index is 0.711. The Kier molecular flexibility index (Phi) is 3.29. The Bertz CT molecular complexity index is 733. The number of ether oxygens (including phenoxy) is 1. The zero-order chi connectivity index (χ0) is 13.9. The zero-order valence-corrected chi connectivity index (χ0v) is 11.6. The summed E-state index contributed by atoms with van der Waals surface area (Å²) in [6.45, 7) is 2.79. The second kappa shape index (κ2) is 5.25. The van der Waals surface area contributed by atoms with Crippen molar-refractivity contribution >= 4 is 16.6 Å². The van der Waals surface area contributed by atoms with E-state index < -0.39 is 0 Å². The summed E-state index contributed by atoms with van der Waals surface area (Å²) in [5, 5.41) is 11.6. The molecule has 2 N–H and O–H groups in total. The third-order valence-electron chi connectivity index (χ3n) is 3.38. The lowest BCUT2D eigenvalue weighted by Gasteiger charge is -2.12. The molecule has 4 heteroatoms. The molecule has 0 saturated carbocycles. The highest BCUT2D eigenvalue weighted by molar-refractivity contribution is 5.89. The van der Waals surface area contributed by atoms with Crippen LogP contribution in [0, 0.1) is 6.92 Å². The number of fused-ring (bicyclic) bond motifs is 1. The van der Waals surface area contributed by atoms with Gasteiger partial charge in [0.2, 0.25) is 0 Å². The highest BCUT2D eigenvalue weighted by Crippen LogP contribution is 2.24. The van der Waals surface area contributed by atoms with Crippen LogP contribution in [0.1, 0.15) is 11.1 Å². The average Bonchev–Trinajstić information content (AvgIpc) is 2.94. The Morgan fingerprint density at radius 2 is 2.15 bits per heavy atom. The Hall–Kier alpha value is -2.49. The van der Waals surface area contributed by atoms with Crippen molar-refractivity contribution in [3.05, 3.63) is 53.7 Å². The number of nitrogens with one attached hydrogen (secondary N) is 2. The average molecular weight is 267 g/mol. The molecule has 0 aliphatic rings. The Morgan fingerprint density at radius 1 is 1.25 bits per heavy atom. The van der Waals surface area contributed by atoms with Gasteiger partial charge >= 0.3 is 0 Å². The van der Waals surface area contributed by atoms with Crippen LogP contribution in [-0.4, -0.2) is 17.3 Å². The van der Waals surface area contributed by atoms with E-state index in [1.165, 1.54) is 5.56 Å². The van der Waals surface area contributed by atoms with Gasteiger partial charge in [0, 0.05) is 17.5 Å². The maximum absolute atomic E-state index is 5.40. The van der Waals surface area contributed by atoms with Gasteiger partial charge in [0.05, 0.1) is 24.5 Å². The van der Waals surface area contributed by atoms with Crippen LogP contribution in [0.5, 0.6) is 5.75 Å². The van der Waals surface area contributed by atoms with Gasteiger partial charge in [-0.2, -0.15) is 5.10 Å². The molecule has 0 fully saturated rings. The lowest BCUT2D eigenvalue weighted by molar-refractivity contribution is 0.410. The minimum absolute atomic E-state index is 0.711. The number of anilines is 1. The van der Waals surface area contributed by atoms with Crippen molar-refractivity contribution in [2.75, 3.05) is 12.4 Å². The van der Waals surface area contributed by atoms with Gasteiger partial charge in [0.1, 0.15) is 5.75 Å². The number of hydrogen-bond acceptors (Lipinski definition) is 3. The topological polar surface area (TPSA) is 49.9 Å². The molecule has 0 radical (unpaired) electrons. The van der Waals surface area contributed by atoms with Crippen molar-refractivity contribution in [3.8, 4) is 5.75 Å². The van der Waals surface area contributed by atoms with Crippen LogP contribution >= 0.6 is 0 Å². The lowest BCUT2D eigenvalue weighted by atomic mass is 10.1. The van der Waals surface area contributed by atoms with Crippen LogP contribution in [0.2, 0.25) is 0 Å². The fourth-order valence-corrected chi connectivity index (χ4v) is 2.35. The predicted octanol–water partition coefficient (Wildman–Crippen LogP) is 3.49. The molecule has 102 valence electrons. The molecule has 0 spiro atoms. The monoisotopic (exact) mass is 267 g/mol. The van der Waals surface area contributed by atoms with Gasteiger partial charge < -0.3 is 10.1 Å². The molecular formula is C16H17N3O. The molecule has 0 aliphatic heterocycles. The van der Waals surface area contributed by atoms with E-state index >= 15 is 0 Å². The summed E-state index contributed by atoms with van der Waals surface area (Å²) < 4.78 is 5.40. The number of benzene rings is 2. The van der Waals surface area contributed by atoms with Gasteiger partial charge in [-0.05, 0) is 19.1 Å². The minimum Gasteiger partial charge on any atom is -0.496 e. The van der Waals surface area contributed by atoms with Crippen LogP contribution in [0.15, 0.2) is 42.6 Å². The van der Waals surface area contributed by atoms with Gasteiger partial charge in [0.15, 0.2) is 0 Å². The van der Waals surface area contributed by atoms with Crippen LogP contribution in [0.25, 0.3) is 10.9 Å². The van der Waals surface area contributed by atoms with E-state index in [0.717, 1.165) is 27.9 Å². The molecule has 20 heavy (non-hydrogen) atoms. The van der Waals surface area contributed by atoms with Gasteiger partial charge in [-0.15, -0.1) is 0 Å². The number of hydrogen-bond donors (Lipinski definition) is 2. The van der Waals surface area contributed by atoms with Crippen LogP contribution in [0.3, 0.4) is 0 Å². The van der Waals surface area contributed by atoms with E-state index in [2.05, 4.69) is 34.6 Å². The summed E-state index contributed by atoms with van der Waals surface area (Å²) in [6.07, 6.45) is 1.83. The highest BCUT2D eigenvalue weighted by atomic mass is 16.5. The number of aromatic amines is 1. The maximum atomic E-state index is 5.40. The smallest absolute Gasteiger partial charge is 0.123 e. The fraction of sp³-hybridized carbons (Fsp3) is 0.188. The van der Waals surface area contributed by atoms with Crippen LogP contribution < -0.4 is 10.1 Å². The molecule has 1 heterocycles. The van der Waals surface area contributed by atoms with E-state index in [1.54, 1.807) is 7.11 Å². The van der Waals surface area contributed by atoms with Crippen LogP contribution in [-0.2, 0) is 6.54 Å². The quantitative estimate of drug-likeness (QED) is 0.760. The summed E-state index contributed by atoms with van der Waals surface area (Å²) >= 11 is 0. The number of aryl methyl sites for hydroxylation is 1. The first-order valence-corrected chi connectivity index (χ1v) is 6.57. The summed E-state index contributed by atoms with van der Waals surface area (Å²) in [7, 11) is 1.70. The maximum Gasteiger partial charge on any atom is 0.123 e. The molecule has 4 nitrogen and oxygen atoms in total. The number of rotatable bonds is 4. The third kappa shape index (κ3) is 2.32. The lowest BCUT2D eigenvalue weighted by Crippen LogP contribution is -2.02. The summed E-state index contributed by atoms with van der Waals surface area (Å²) in [6, 6.07) is 12.3. The Labute approximate surface area is 117 Å². The molecule has 0 bridgehead atoms. The van der Waals surface area contributed by atoms with Crippen molar-refractivity contribution in [1.82, 2.24) is 10.2 Å². The predicted molar refractivity (Wildman–Crippen MR) is 81.2 cm³/mol. The SMILES string of the molecule is COc1ccc(C)cc1CNc1cccc2cn[nH]c12. The van der Waals surface area contributed by atoms with E-state index in [-0.39, 0.29) is 0 Å². The van der Waals surface area contributed by atoms with E-state index in [0.29, 0.717) is 6.54 Å². The number of H-pyrrole nitrogens is 1. The van der Waals surface area contributed by atoms with Crippen LogP contribution in [0.4, 0.5) is 5.69 Å². The van der Waals surface area contributed by atoms with Gasteiger partial charge in [-0.1, -0.05) is 29.8 Å². The third-order valence-corrected chi connectivity index (χ3v) is 3.38. The first-order chi connectivity index (χ1) is 9.78. The molecule has 0 aliphatic carbocycles. The Balaban J connectivity index is 1.86. The van der Waals surface area contributed by atoms with E-state index in [1.807, 2.05) is 30.5 Å². The molecule has 2 aromatic carbocycles. The molecular weight excluding hydrogens is 250 g/mol. The van der Waals surface area contributed by atoms with E-state index in [4.69, 9.17) is 4.74 Å². The molecule has 0 amide bonds. The van der Waals surface area contributed by atoms with Crippen molar-refractivity contribution < 1.29 is 4.74 Å². The summed E-state index contributed by atoms with van der Waals surface area (Å²) in [4.78, 5) is 0. The Morgan fingerprint density at radius 3 is 3.00 bits per heavy atom. The summed E-state index contributed by atoms with van der Waals surface area (Å²) in [5.74, 6) is 0.903. The second-order valence-electron chi connectivity index (χ2n) is 4.81. The standard InChI is InChI=1S/C16H17N3O/c1-11-6-7-15(20-2)13(8-11)9-17-14-5-3-4-12-10-18-19-16(12)14/h3-8,10,17H,9H2,1-2H3,(H,18,19). The fourth-order valence-electron chi connectivity index (χ4n) is 2.35. The largest absolute Gasteiger partial charge is 0.496 e. The second-order valence-corrected chi connectivity index (χ2v) is 4.81. The zero-order valence-electron chi connectivity index (χ0n) is 11.6. The molecule has 0 atom stereocenters. The molecule has 0 saturated heterocycles. The number of para-hydroxylation sites is 1. The number of nitrogens with zero attached hydrogens (tertiary/aromatic N) is 1. The molecule has 0 unspecified atom stereocenters.